The molecule has 1 aliphatic rings. The van der Waals surface area contributed by atoms with Gasteiger partial charge in [0.25, 0.3) is 11.1 Å². The standard InChI is InChI=1S/C22H15BrN2O4S/c23-16-10-13(8-9-18(16)26)11-19-21(28)25(22(29)30-19)12-20(27)24-17-7-3-5-14-4-1-2-6-15(14)17/h1-11,26H,12H2,(H,24,27)/b19-11+. The first kappa shape index (κ1) is 20.2. The fourth-order valence-corrected chi connectivity index (χ4v) is 4.30. The predicted molar refractivity (Wildman–Crippen MR) is 121 cm³/mol. The highest BCUT2D eigenvalue weighted by molar-refractivity contribution is 9.10. The highest BCUT2D eigenvalue weighted by Crippen LogP contribution is 2.33. The summed E-state index contributed by atoms with van der Waals surface area (Å²) >= 11 is 3.99. The summed E-state index contributed by atoms with van der Waals surface area (Å²) in [5.74, 6) is -0.907. The minimum Gasteiger partial charge on any atom is -0.507 e. The van der Waals surface area contributed by atoms with Crippen molar-refractivity contribution in [3.63, 3.8) is 0 Å². The molecule has 150 valence electrons. The van der Waals surface area contributed by atoms with Crippen LogP contribution >= 0.6 is 27.7 Å². The van der Waals surface area contributed by atoms with Gasteiger partial charge in [-0.3, -0.25) is 19.3 Å². The lowest BCUT2D eigenvalue weighted by Gasteiger charge is -2.13. The monoisotopic (exact) mass is 482 g/mol. The summed E-state index contributed by atoms with van der Waals surface area (Å²) < 4.78 is 0.477. The van der Waals surface area contributed by atoms with Crippen molar-refractivity contribution in [3.05, 3.63) is 75.6 Å². The van der Waals surface area contributed by atoms with Gasteiger partial charge in [0.2, 0.25) is 5.91 Å². The number of halogens is 1. The van der Waals surface area contributed by atoms with Crippen LogP contribution in [0.15, 0.2) is 70.0 Å². The molecule has 0 atom stereocenters. The molecule has 30 heavy (non-hydrogen) atoms. The predicted octanol–water partition coefficient (Wildman–Crippen LogP) is 4.98. The number of aromatic hydroxyl groups is 1. The Balaban J connectivity index is 1.49. The molecule has 0 saturated carbocycles. The Kier molecular flexibility index (Phi) is 5.61. The summed E-state index contributed by atoms with van der Waals surface area (Å²) in [5, 5.41) is 13.7. The topological polar surface area (TPSA) is 86.7 Å². The Morgan fingerprint density at radius 1 is 1.10 bits per heavy atom. The summed E-state index contributed by atoms with van der Waals surface area (Å²) in [5.41, 5.74) is 1.26. The molecular weight excluding hydrogens is 468 g/mol. The van der Waals surface area contributed by atoms with E-state index < -0.39 is 17.1 Å². The molecule has 2 N–H and O–H groups in total. The fourth-order valence-electron chi connectivity index (χ4n) is 3.07. The average molecular weight is 483 g/mol. The van der Waals surface area contributed by atoms with E-state index in [9.17, 15) is 19.5 Å². The molecule has 1 aliphatic heterocycles. The van der Waals surface area contributed by atoms with Gasteiger partial charge in [-0.15, -0.1) is 0 Å². The molecule has 1 saturated heterocycles. The summed E-state index contributed by atoms with van der Waals surface area (Å²) in [7, 11) is 0. The lowest BCUT2D eigenvalue weighted by atomic mass is 10.1. The third-order valence-corrected chi connectivity index (χ3v) is 6.05. The number of thioether (sulfide) groups is 1. The molecule has 0 bridgehead atoms. The molecule has 0 spiro atoms. The minimum atomic E-state index is -0.526. The lowest BCUT2D eigenvalue weighted by Crippen LogP contribution is -2.36. The van der Waals surface area contributed by atoms with Gasteiger partial charge in [-0.1, -0.05) is 42.5 Å². The largest absolute Gasteiger partial charge is 0.507 e. The maximum Gasteiger partial charge on any atom is 0.294 e. The van der Waals surface area contributed by atoms with Crippen LogP contribution in [-0.4, -0.2) is 33.6 Å². The normalized spacial score (nSPS) is 15.2. The van der Waals surface area contributed by atoms with E-state index in [-0.39, 0.29) is 17.2 Å². The number of anilines is 1. The highest BCUT2D eigenvalue weighted by atomic mass is 79.9. The van der Waals surface area contributed by atoms with Gasteiger partial charge in [0.05, 0.1) is 9.38 Å². The number of hydrogen-bond acceptors (Lipinski definition) is 5. The molecule has 0 unspecified atom stereocenters. The summed E-state index contributed by atoms with van der Waals surface area (Å²) in [6.07, 6.45) is 1.55. The number of benzene rings is 3. The molecule has 0 radical (unpaired) electrons. The minimum absolute atomic E-state index is 0.0744. The second-order valence-corrected chi connectivity index (χ2v) is 8.40. The molecule has 8 heteroatoms. The van der Waals surface area contributed by atoms with Crippen LogP contribution in [0.5, 0.6) is 5.75 Å². The van der Waals surface area contributed by atoms with Crippen molar-refractivity contribution in [1.29, 1.82) is 0 Å². The highest BCUT2D eigenvalue weighted by Gasteiger charge is 2.36. The average Bonchev–Trinajstić information content (AvgIpc) is 2.98. The van der Waals surface area contributed by atoms with Gasteiger partial charge in [0, 0.05) is 11.1 Å². The second-order valence-electron chi connectivity index (χ2n) is 6.55. The van der Waals surface area contributed by atoms with Crippen LogP contribution in [-0.2, 0) is 9.59 Å². The Morgan fingerprint density at radius 2 is 1.87 bits per heavy atom. The Bertz CT molecular complexity index is 1220. The number of nitrogens with one attached hydrogen (secondary N) is 1. The van der Waals surface area contributed by atoms with Crippen molar-refractivity contribution in [2.45, 2.75) is 0 Å². The molecule has 4 rings (SSSR count). The van der Waals surface area contributed by atoms with E-state index in [4.69, 9.17) is 0 Å². The number of phenolic OH excluding ortho intramolecular Hbond substituents is 1. The van der Waals surface area contributed by atoms with E-state index in [0.717, 1.165) is 27.4 Å². The number of amides is 3. The zero-order valence-corrected chi connectivity index (χ0v) is 17.9. The van der Waals surface area contributed by atoms with Crippen molar-refractivity contribution in [3.8, 4) is 5.75 Å². The third-order valence-electron chi connectivity index (χ3n) is 4.51. The zero-order chi connectivity index (χ0) is 21.3. The van der Waals surface area contributed by atoms with E-state index in [0.29, 0.717) is 15.7 Å². The van der Waals surface area contributed by atoms with E-state index in [1.54, 1.807) is 24.3 Å². The van der Waals surface area contributed by atoms with Crippen LogP contribution in [0.2, 0.25) is 0 Å². The molecule has 6 nitrogen and oxygen atoms in total. The summed E-state index contributed by atoms with van der Waals surface area (Å²) in [6.45, 7) is -0.371. The van der Waals surface area contributed by atoms with Gasteiger partial charge in [-0.25, -0.2) is 0 Å². The van der Waals surface area contributed by atoms with Crippen molar-refractivity contribution >= 4 is 67.3 Å². The van der Waals surface area contributed by atoms with Crippen LogP contribution in [0, 0.1) is 0 Å². The number of rotatable bonds is 4. The number of hydrogen-bond donors (Lipinski definition) is 2. The van der Waals surface area contributed by atoms with E-state index in [1.807, 2.05) is 36.4 Å². The lowest BCUT2D eigenvalue weighted by molar-refractivity contribution is -0.127. The van der Waals surface area contributed by atoms with Crippen molar-refractivity contribution in [1.82, 2.24) is 4.90 Å². The summed E-state index contributed by atoms with van der Waals surface area (Å²) in [6, 6.07) is 17.9. The quantitative estimate of drug-likeness (QED) is 0.511. The molecule has 3 aromatic rings. The summed E-state index contributed by atoms with van der Waals surface area (Å²) in [4.78, 5) is 38.6. The maximum atomic E-state index is 12.6. The van der Waals surface area contributed by atoms with Crippen molar-refractivity contribution in [2.24, 2.45) is 0 Å². The third kappa shape index (κ3) is 4.10. The smallest absolute Gasteiger partial charge is 0.294 e. The number of phenols is 1. The van der Waals surface area contributed by atoms with Crippen molar-refractivity contribution in [2.75, 3.05) is 11.9 Å². The SMILES string of the molecule is O=C(CN1C(=O)S/C(=C/c2ccc(O)c(Br)c2)C1=O)Nc1cccc2ccccc12. The number of fused-ring (bicyclic) bond motifs is 1. The first-order chi connectivity index (χ1) is 14.4. The first-order valence-corrected chi connectivity index (χ1v) is 10.5. The molecule has 3 aromatic carbocycles. The van der Waals surface area contributed by atoms with E-state index in [2.05, 4.69) is 21.2 Å². The van der Waals surface area contributed by atoms with Gasteiger partial charge in [-0.05, 0) is 62.9 Å². The van der Waals surface area contributed by atoms with Gasteiger partial charge >= 0.3 is 0 Å². The molecule has 1 heterocycles. The van der Waals surface area contributed by atoms with Gasteiger partial charge in [0.15, 0.2) is 0 Å². The van der Waals surface area contributed by atoms with Crippen LogP contribution in [0.4, 0.5) is 10.5 Å². The molecule has 3 amide bonds. The Hall–Kier alpha value is -3.10. The zero-order valence-electron chi connectivity index (χ0n) is 15.5. The molecule has 0 aromatic heterocycles. The maximum absolute atomic E-state index is 12.6. The van der Waals surface area contributed by atoms with Crippen LogP contribution in [0.1, 0.15) is 5.56 Å². The number of carbonyl (C=O) groups is 3. The van der Waals surface area contributed by atoms with Crippen LogP contribution in [0.3, 0.4) is 0 Å². The van der Waals surface area contributed by atoms with E-state index >= 15 is 0 Å². The second kappa shape index (κ2) is 8.33. The van der Waals surface area contributed by atoms with Crippen LogP contribution in [0.25, 0.3) is 16.8 Å². The first-order valence-electron chi connectivity index (χ1n) is 8.94. The van der Waals surface area contributed by atoms with Gasteiger partial charge in [-0.2, -0.15) is 0 Å². The molecular formula is C22H15BrN2O4S. The van der Waals surface area contributed by atoms with Gasteiger partial charge < -0.3 is 10.4 Å². The van der Waals surface area contributed by atoms with E-state index in [1.165, 1.54) is 6.07 Å². The number of imide groups is 1. The number of carbonyl (C=O) groups excluding carboxylic acids is 3. The van der Waals surface area contributed by atoms with Crippen molar-refractivity contribution < 1.29 is 19.5 Å². The molecule has 1 fully saturated rings. The Morgan fingerprint density at radius 3 is 2.67 bits per heavy atom. The van der Waals surface area contributed by atoms with Crippen LogP contribution < -0.4 is 5.32 Å². The number of nitrogens with zero attached hydrogens (tertiary/aromatic N) is 1. The van der Waals surface area contributed by atoms with Gasteiger partial charge in [0.1, 0.15) is 12.3 Å². The Labute approximate surface area is 184 Å². The molecule has 0 aliphatic carbocycles. The fraction of sp³-hybridized carbons (Fsp3) is 0.0455.